The summed E-state index contributed by atoms with van der Waals surface area (Å²) in [6.07, 6.45) is 0. The number of benzene rings is 2. The molecule has 0 amide bonds. The Morgan fingerprint density at radius 1 is 1.08 bits per heavy atom. The number of fused-ring (bicyclic) bond motifs is 1. The van der Waals surface area contributed by atoms with Gasteiger partial charge in [-0.2, -0.15) is 0 Å². The van der Waals surface area contributed by atoms with E-state index in [9.17, 15) is 4.39 Å². The first-order valence-electron chi connectivity index (χ1n) is 8.86. The molecule has 0 unspecified atom stereocenters. The van der Waals surface area contributed by atoms with Crippen LogP contribution in [0.5, 0.6) is 11.5 Å². The van der Waals surface area contributed by atoms with Crippen molar-refractivity contribution in [3.63, 3.8) is 0 Å². The number of methoxy groups -OCH3 is 1. The number of nitrogens with zero attached hydrogens (tertiary/aromatic N) is 2. The van der Waals surface area contributed by atoms with Crippen LogP contribution in [0.25, 0.3) is 0 Å². The van der Waals surface area contributed by atoms with E-state index >= 15 is 0 Å². The first-order chi connectivity index (χ1) is 12.7. The standard InChI is InChI=1S/C20H23FN2O3/c1-24-19-4-2-18(3-5-19)23-8-6-22(7-9-23)12-15-10-17(21)11-16-13-25-14-26-20(15)16/h2-5,10-11H,6-9,12-14H2,1H3. The maximum absolute atomic E-state index is 13.9. The highest BCUT2D eigenvalue weighted by atomic mass is 19.1. The predicted molar refractivity (Wildman–Crippen MR) is 97.2 cm³/mol. The predicted octanol–water partition coefficient (Wildman–Crippen LogP) is 3.02. The van der Waals surface area contributed by atoms with Crippen LogP contribution in [0.2, 0.25) is 0 Å². The van der Waals surface area contributed by atoms with Gasteiger partial charge in [0, 0.05) is 49.5 Å². The summed E-state index contributed by atoms with van der Waals surface area (Å²) in [4.78, 5) is 4.70. The van der Waals surface area contributed by atoms with Gasteiger partial charge in [0.2, 0.25) is 0 Å². The van der Waals surface area contributed by atoms with Crippen LogP contribution in [0.4, 0.5) is 10.1 Å². The zero-order valence-electron chi connectivity index (χ0n) is 14.9. The van der Waals surface area contributed by atoms with Crippen LogP contribution in [0.15, 0.2) is 36.4 Å². The number of ether oxygens (including phenoxy) is 3. The number of hydrogen-bond donors (Lipinski definition) is 0. The Bertz CT molecular complexity index is 758. The fourth-order valence-electron chi connectivity index (χ4n) is 3.57. The SMILES string of the molecule is COc1ccc(N2CCN(Cc3cc(F)cc4c3OCOC4)CC2)cc1. The Morgan fingerprint density at radius 2 is 1.85 bits per heavy atom. The Balaban J connectivity index is 1.40. The second kappa shape index (κ2) is 7.51. The minimum atomic E-state index is -0.232. The minimum absolute atomic E-state index is 0.232. The molecule has 0 spiro atoms. The van der Waals surface area contributed by atoms with Crippen molar-refractivity contribution >= 4 is 5.69 Å². The summed E-state index contributed by atoms with van der Waals surface area (Å²) in [5.41, 5.74) is 2.90. The molecule has 0 radical (unpaired) electrons. The van der Waals surface area contributed by atoms with E-state index in [-0.39, 0.29) is 12.6 Å². The Hall–Kier alpha value is -2.31. The molecule has 0 atom stereocenters. The first kappa shape index (κ1) is 17.1. The van der Waals surface area contributed by atoms with Gasteiger partial charge >= 0.3 is 0 Å². The molecular weight excluding hydrogens is 335 g/mol. The van der Waals surface area contributed by atoms with Crippen molar-refractivity contribution in [2.45, 2.75) is 13.2 Å². The van der Waals surface area contributed by atoms with Crippen molar-refractivity contribution in [3.8, 4) is 11.5 Å². The lowest BCUT2D eigenvalue weighted by Gasteiger charge is -2.36. The maximum atomic E-state index is 13.9. The van der Waals surface area contributed by atoms with Gasteiger partial charge in [0.05, 0.1) is 13.7 Å². The first-order valence-corrected chi connectivity index (χ1v) is 8.86. The van der Waals surface area contributed by atoms with E-state index in [0.717, 1.165) is 48.8 Å². The van der Waals surface area contributed by atoms with Crippen molar-refractivity contribution in [1.29, 1.82) is 0 Å². The van der Waals surface area contributed by atoms with Crippen LogP contribution in [-0.2, 0) is 17.9 Å². The van der Waals surface area contributed by atoms with Crippen molar-refractivity contribution in [2.75, 3.05) is 45.0 Å². The molecule has 6 heteroatoms. The van der Waals surface area contributed by atoms with E-state index in [0.29, 0.717) is 13.2 Å². The summed E-state index contributed by atoms with van der Waals surface area (Å²) in [6.45, 7) is 5.06. The molecule has 0 N–H and O–H groups in total. The summed E-state index contributed by atoms with van der Waals surface area (Å²) < 4.78 is 30.0. The smallest absolute Gasteiger partial charge is 0.189 e. The Morgan fingerprint density at radius 3 is 2.58 bits per heavy atom. The quantitative estimate of drug-likeness (QED) is 0.839. The van der Waals surface area contributed by atoms with Crippen LogP contribution in [0.1, 0.15) is 11.1 Å². The third-order valence-corrected chi connectivity index (χ3v) is 4.96. The zero-order chi connectivity index (χ0) is 17.9. The number of piperazine rings is 1. The Labute approximate surface area is 152 Å². The van der Waals surface area contributed by atoms with Crippen molar-refractivity contribution in [1.82, 2.24) is 4.90 Å². The molecule has 2 aromatic rings. The van der Waals surface area contributed by atoms with Gasteiger partial charge < -0.3 is 19.1 Å². The molecule has 2 aliphatic heterocycles. The van der Waals surface area contributed by atoms with E-state index in [2.05, 4.69) is 21.9 Å². The average molecular weight is 358 g/mol. The molecule has 138 valence electrons. The topological polar surface area (TPSA) is 34.2 Å². The van der Waals surface area contributed by atoms with Gasteiger partial charge in [0.25, 0.3) is 0 Å². The highest BCUT2D eigenvalue weighted by molar-refractivity contribution is 5.49. The van der Waals surface area contributed by atoms with Gasteiger partial charge in [-0.25, -0.2) is 4.39 Å². The molecule has 2 aliphatic rings. The third kappa shape index (κ3) is 3.61. The van der Waals surface area contributed by atoms with Gasteiger partial charge in [-0.3, -0.25) is 4.90 Å². The van der Waals surface area contributed by atoms with Crippen LogP contribution < -0.4 is 14.4 Å². The lowest BCUT2D eigenvalue weighted by Crippen LogP contribution is -2.46. The summed E-state index contributed by atoms with van der Waals surface area (Å²) in [5.74, 6) is 1.42. The summed E-state index contributed by atoms with van der Waals surface area (Å²) in [5, 5.41) is 0. The fraction of sp³-hybridized carbons (Fsp3) is 0.400. The lowest BCUT2D eigenvalue weighted by molar-refractivity contribution is -0.0177. The molecule has 2 aromatic carbocycles. The van der Waals surface area contributed by atoms with Gasteiger partial charge in [-0.05, 0) is 36.4 Å². The second-order valence-electron chi connectivity index (χ2n) is 6.63. The highest BCUT2D eigenvalue weighted by Crippen LogP contribution is 2.31. The molecular formula is C20H23FN2O3. The van der Waals surface area contributed by atoms with Gasteiger partial charge in [0.1, 0.15) is 17.3 Å². The molecule has 0 aromatic heterocycles. The molecule has 4 rings (SSSR count). The molecule has 0 saturated carbocycles. The Kier molecular flexibility index (Phi) is 4.95. The minimum Gasteiger partial charge on any atom is -0.497 e. The lowest BCUT2D eigenvalue weighted by atomic mass is 10.1. The van der Waals surface area contributed by atoms with E-state index in [1.807, 2.05) is 12.1 Å². The average Bonchev–Trinajstić information content (AvgIpc) is 2.68. The maximum Gasteiger partial charge on any atom is 0.189 e. The summed E-state index contributed by atoms with van der Waals surface area (Å²) in [7, 11) is 1.68. The molecule has 0 aliphatic carbocycles. The van der Waals surface area contributed by atoms with E-state index in [1.165, 1.54) is 11.8 Å². The molecule has 26 heavy (non-hydrogen) atoms. The normalized spacial score (nSPS) is 17.5. The highest BCUT2D eigenvalue weighted by Gasteiger charge is 2.22. The molecule has 0 bridgehead atoms. The number of halogens is 1. The molecule has 2 heterocycles. The van der Waals surface area contributed by atoms with Crippen LogP contribution in [-0.4, -0.2) is 45.0 Å². The third-order valence-electron chi connectivity index (χ3n) is 4.96. The van der Waals surface area contributed by atoms with Gasteiger partial charge in [0.15, 0.2) is 6.79 Å². The zero-order valence-corrected chi connectivity index (χ0v) is 14.9. The summed E-state index contributed by atoms with van der Waals surface area (Å²) >= 11 is 0. The van der Waals surface area contributed by atoms with E-state index < -0.39 is 0 Å². The number of anilines is 1. The van der Waals surface area contributed by atoms with Gasteiger partial charge in [-0.15, -0.1) is 0 Å². The summed E-state index contributed by atoms with van der Waals surface area (Å²) in [6, 6.07) is 11.2. The van der Waals surface area contributed by atoms with Crippen molar-refractivity contribution in [2.24, 2.45) is 0 Å². The van der Waals surface area contributed by atoms with Crippen molar-refractivity contribution in [3.05, 3.63) is 53.3 Å². The molecule has 1 fully saturated rings. The number of hydrogen-bond acceptors (Lipinski definition) is 5. The second-order valence-corrected chi connectivity index (χ2v) is 6.63. The monoisotopic (exact) mass is 358 g/mol. The fourth-order valence-corrected chi connectivity index (χ4v) is 3.57. The number of rotatable bonds is 4. The molecule has 5 nitrogen and oxygen atoms in total. The molecule has 1 saturated heterocycles. The van der Waals surface area contributed by atoms with Crippen LogP contribution in [0.3, 0.4) is 0 Å². The van der Waals surface area contributed by atoms with Gasteiger partial charge in [-0.1, -0.05) is 0 Å². The van der Waals surface area contributed by atoms with Crippen LogP contribution in [0, 0.1) is 5.82 Å². The van der Waals surface area contributed by atoms with E-state index in [4.69, 9.17) is 14.2 Å². The van der Waals surface area contributed by atoms with E-state index in [1.54, 1.807) is 13.2 Å². The van der Waals surface area contributed by atoms with Crippen molar-refractivity contribution < 1.29 is 18.6 Å². The largest absolute Gasteiger partial charge is 0.497 e. The van der Waals surface area contributed by atoms with Crippen LogP contribution >= 0.6 is 0 Å².